The molecule has 150 valence electrons. The van der Waals surface area contributed by atoms with Gasteiger partial charge in [-0.05, 0) is 48.3 Å². The number of hydrogen-bond donors (Lipinski definition) is 1. The fourth-order valence-electron chi connectivity index (χ4n) is 3.47. The van der Waals surface area contributed by atoms with E-state index >= 15 is 0 Å². The minimum Gasteiger partial charge on any atom is -0.465 e. The summed E-state index contributed by atoms with van der Waals surface area (Å²) in [5.41, 5.74) is 1.80. The second kappa shape index (κ2) is 8.66. The van der Waals surface area contributed by atoms with Crippen LogP contribution in [0.2, 0.25) is 0 Å². The van der Waals surface area contributed by atoms with Crippen LogP contribution in [0, 0.1) is 11.3 Å². The van der Waals surface area contributed by atoms with Crippen molar-refractivity contribution < 1.29 is 14.3 Å². The van der Waals surface area contributed by atoms with Crippen molar-refractivity contribution in [2.24, 2.45) is 11.3 Å². The molecule has 1 amide bonds. The van der Waals surface area contributed by atoms with Gasteiger partial charge in [-0.3, -0.25) is 4.79 Å². The van der Waals surface area contributed by atoms with E-state index in [9.17, 15) is 9.59 Å². The topological polar surface area (TPSA) is 68.3 Å². The number of nitrogens with zero attached hydrogens (tertiary/aromatic N) is 1. The Labute approximate surface area is 174 Å². The number of aromatic nitrogens is 1. The Morgan fingerprint density at radius 3 is 2.79 bits per heavy atom. The largest absolute Gasteiger partial charge is 0.465 e. The molecular weight excluding hydrogens is 392 g/mol. The monoisotopic (exact) mass is 418 g/mol. The minimum absolute atomic E-state index is 0.147. The van der Waals surface area contributed by atoms with Crippen LogP contribution >= 0.6 is 23.1 Å². The van der Waals surface area contributed by atoms with Crippen molar-refractivity contribution in [3.63, 3.8) is 0 Å². The van der Waals surface area contributed by atoms with Gasteiger partial charge in [-0.25, -0.2) is 9.78 Å². The van der Waals surface area contributed by atoms with E-state index < -0.39 is 0 Å². The Morgan fingerprint density at radius 1 is 1.36 bits per heavy atom. The van der Waals surface area contributed by atoms with Gasteiger partial charge in [0.25, 0.3) is 0 Å². The SMILES string of the molecule is COC(=O)c1c(NC(=O)CSc2ccccn2)sc2c1CCC(C(C)(C)C)C2. The molecule has 5 nitrogen and oxygen atoms in total. The summed E-state index contributed by atoms with van der Waals surface area (Å²) in [6, 6.07) is 5.60. The van der Waals surface area contributed by atoms with Gasteiger partial charge < -0.3 is 10.1 Å². The molecular formula is C21H26N2O3S2. The van der Waals surface area contributed by atoms with Gasteiger partial charge >= 0.3 is 5.97 Å². The Morgan fingerprint density at radius 2 is 2.14 bits per heavy atom. The molecule has 2 aromatic rings. The summed E-state index contributed by atoms with van der Waals surface area (Å²) < 4.78 is 5.01. The van der Waals surface area contributed by atoms with Gasteiger partial charge in [0.05, 0.1) is 23.5 Å². The maximum atomic E-state index is 12.5. The summed E-state index contributed by atoms with van der Waals surface area (Å²) in [6.45, 7) is 6.78. The average Bonchev–Trinajstić information content (AvgIpc) is 3.02. The molecule has 2 aromatic heterocycles. The summed E-state index contributed by atoms with van der Waals surface area (Å²) in [4.78, 5) is 30.3. The third-order valence-corrected chi connectivity index (χ3v) is 7.23. The molecule has 0 saturated carbocycles. The van der Waals surface area contributed by atoms with Crippen molar-refractivity contribution in [3.8, 4) is 0 Å². The van der Waals surface area contributed by atoms with Crippen LogP contribution in [-0.2, 0) is 22.4 Å². The van der Waals surface area contributed by atoms with Crippen molar-refractivity contribution in [1.29, 1.82) is 0 Å². The van der Waals surface area contributed by atoms with Crippen LogP contribution < -0.4 is 5.32 Å². The molecule has 0 aliphatic heterocycles. The summed E-state index contributed by atoms with van der Waals surface area (Å²) in [6.07, 6.45) is 4.53. The highest BCUT2D eigenvalue weighted by Crippen LogP contribution is 2.44. The second-order valence-electron chi connectivity index (χ2n) is 8.01. The molecule has 0 radical (unpaired) electrons. The zero-order chi connectivity index (χ0) is 20.3. The van der Waals surface area contributed by atoms with Gasteiger partial charge in [-0.15, -0.1) is 11.3 Å². The second-order valence-corrected chi connectivity index (χ2v) is 10.1. The highest BCUT2D eigenvalue weighted by Gasteiger charge is 2.34. The summed E-state index contributed by atoms with van der Waals surface area (Å²) >= 11 is 2.89. The highest BCUT2D eigenvalue weighted by atomic mass is 32.2. The number of rotatable bonds is 5. The Balaban J connectivity index is 1.77. The standard InChI is InChI=1S/C21H26N2O3S2/c1-21(2,3)13-8-9-14-15(11-13)28-19(18(14)20(25)26-4)23-16(24)12-27-17-7-5-6-10-22-17/h5-7,10,13H,8-9,11-12H2,1-4H3,(H,23,24). The number of thiophene rings is 1. The number of thioether (sulfide) groups is 1. The van der Waals surface area contributed by atoms with Crippen LogP contribution in [0.4, 0.5) is 5.00 Å². The van der Waals surface area contributed by atoms with Crippen molar-refractivity contribution in [3.05, 3.63) is 40.4 Å². The van der Waals surface area contributed by atoms with E-state index in [1.54, 1.807) is 6.20 Å². The number of anilines is 1. The normalized spacial score (nSPS) is 16.4. The zero-order valence-electron chi connectivity index (χ0n) is 16.7. The van der Waals surface area contributed by atoms with E-state index in [2.05, 4.69) is 31.1 Å². The highest BCUT2D eigenvalue weighted by molar-refractivity contribution is 7.99. The summed E-state index contributed by atoms with van der Waals surface area (Å²) in [7, 11) is 1.38. The van der Waals surface area contributed by atoms with Gasteiger partial charge in [-0.2, -0.15) is 0 Å². The number of ether oxygens (including phenoxy) is 1. The molecule has 0 aromatic carbocycles. The molecule has 1 N–H and O–H groups in total. The minimum atomic E-state index is -0.376. The van der Waals surface area contributed by atoms with Gasteiger partial charge in [0.15, 0.2) is 0 Å². The van der Waals surface area contributed by atoms with E-state index in [0.717, 1.165) is 29.9 Å². The third-order valence-electron chi connectivity index (χ3n) is 5.12. The van der Waals surface area contributed by atoms with E-state index in [0.29, 0.717) is 16.5 Å². The lowest BCUT2D eigenvalue weighted by Crippen LogP contribution is -2.26. The molecule has 0 bridgehead atoms. The van der Waals surface area contributed by atoms with Crippen LogP contribution in [0.5, 0.6) is 0 Å². The molecule has 7 heteroatoms. The van der Waals surface area contributed by atoms with Crippen molar-refractivity contribution in [2.45, 2.75) is 45.1 Å². The van der Waals surface area contributed by atoms with Crippen molar-refractivity contribution in [2.75, 3.05) is 18.2 Å². The molecule has 1 aliphatic rings. The first-order chi connectivity index (χ1) is 13.3. The van der Waals surface area contributed by atoms with Crippen LogP contribution in [0.15, 0.2) is 29.4 Å². The number of hydrogen-bond acceptors (Lipinski definition) is 6. The molecule has 3 rings (SSSR count). The number of esters is 1. The molecule has 28 heavy (non-hydrogen) atoms. The number of amides is 1. The lowest BCUT2D eigenvalue weighted by atomic mass is 9.72. The summed E-state index contributed by atoms with van der Waals surface area (Å²) in [5.74, 6) is 0.281. The molecule has 0 saturated heterocycles. The van der Waals surface area contributed by atoms with Crippen LogP contribution in [-0.4, -0.2) is 29.7 Å². The third kappa shape index (κ3) is 4.75. The molecule has 0 spiro atoms. The van der Waals surface area contributed by atoms with E-state index in [-0.39, 0.29) is 23.0 Å². The predicted molar refractivity (Wildman–Crippen MR) is 114 cm³/mol. The lowest BCUT2D eigenvalue weighted by molar-refractivity contribution is -0.113. The van der Waals surface area contributed by atoms with Crippen LogP contribution in [0.3, 0.4) is 0 Å². The molecule has 1 aliphatic carbocycles. The van der Waals surface area contributed by atoms with Crippen LogP contribution in [0.1, 0.15) is 48.0 Å². The van der Waals surface area contributed by atoms with Crippen molar-refractivity contribution >= 4 is 40.0 Å². The first kappa shape index (κ1) is 20.9. The van der Waals surface area contributed by atoms with Gasteiger partial charge in [0.1, 0.15) is 5.00 Å². The van der Waals surface area contributed by atoms with E-state index in [1.807, 2.05) is 18.2 Å². The molecule has 1 unspecified atom stereocenters. The molecule has 2 heterocycles. The molecule has 1 atom stereocenters. The van der Waals surface area contributed by atoms with Crippen molar-refractivity contribution in [1.82, 2.24) is 4.98 Å². The Kier molecular flexibility index (Phi) is 6.45. The summed E-state index contributed by atoms with van der Waals surface area (Å²) in [5, 5.41) is 4.34. The maximum Gasteiger partial charge on any atom is 0.341 e. The quantitative estimate of drug-likeness (QED) is 0.557. The number of pyridine rings is 1. The van der Waals surface area contributed by atoms with Gasteiger partial charge in [-0.1, -0.05) is 38.6 Å². The Bertz CT molecular complexity index is 857. The number of methoxy groups -OCH3 is 1. The van der Waals surface area contributed by atoms with Gasteiger partial charge in [0.2, 0.25) is 5.91 Å². The predicted octanol–water partition coefficient (Wildman–Crippen LogP) is 4.81. The number of fused-ring (bicyclic) bond motifs is 1. The van der Waals surface area contributed by atoms with Gasteiger partial charge in [0, 0.05) is 11.1 Å². The fraction of sp³-hybridized carbons (Fsp3) is 0.476. The smallest absolute Gasteiger partial charge is 0.341 e. The first-order valence-corrected chi connectivity index (χ1v) is 11.2. The lowest BCUT2D eigenvalue weighted by Gasteiger charge is -2.33. The van der Waals surface area contributed by atoms with Crippen LogP contribution in [0.25, 0.3) is 0 Å². The van der Waals surface area contributed by atoms with E-state index in [4.69, 9.17) is 4.74 Å². The number of carbonyl (C=O) groups excluding carboxylic acids is 2. The molecule has 0 fully saturated rings. The maximum absolute atomic E-state index is 12.5. The Hall–Kier alpha value is -1.86. The zero-order valence-corrected chi connectivity index (χ0v) is 18.3. The number of carbonyl (C=O) groups is 2. The first-order valence-electron chi connectivity index (χ1n) is 9.36. The van der Waals surface area contributed by atoms with E-state index in [1.165, 1.54) is 35.1 Å². The average molecular weight is 419 g/mol. The fourth-order valence-corrected chi connectivity index (χ4v) is 5.46. The number of nitrogens with one attached hydrogen (secondary N) is 1.